The molecule has 5 heteroatoms. The van der Waals surface area contributed by atoms with Crippen LogP contribution in [-0.4, -0.2) is 31.2 Å². The van der Waals surface area contributed by atoms with Gasteiger partial charge in [-0.15, -0.1) is 0 Å². The number of rotatable bonds is 5. The standard InChI is InChI=1S/C19H29NO3Si/c1-19(2,3)23-18(21)17-13-9-12-10-15(20-11-14(12)16(13)17)22-7-8-24(4,5)6/h10-11,13,16-17H,7-9H2,1-6H3/t13-,16+,17-/m0/s1. The molecular weight excluding hydrogens is 318 g/mol. The van der Waals surface area contributed by atoms with Crippen LogP contribution < -0.4 is 4.74 Å². The first-order valence-corrected chi connectivity index (χ1v) is 12.6. The van der Waals surface area contributed by atoms with Crippen LogP contribution in [0.2, 0.25) is 25.7 Å². The fraction of sp³-hybridized carbons (Fsp3) is 0.684. The molecule has 3 atom stereocenters. The summed E-state index contributed by atoms with van der Waals surface area (Å²) in [5, 5.41) is 0. The monoisotopic (exact) mass is 347 g/mol. The van der Waals surface area contributed by atoms with Gasteiger partial charge in [0, 0.05) is 26.3 Å². The lowest BCUT2D eigenvalue weighted by molar-refractivity contribution is -0.157. The summed E-state index contributed by atoms with van der Waals surface area (Å²) in [7, 11) is -1.08. The van der Waals surface area contributed by atoms with Crippen molar-refractivity contribution < 1.29 is 14.3 Å². The fourth-order valence-electron chi connectivity index (χ4n) is 3.50. The molecule has 0 amide bonds. The molecule has 2 aliphatic carbocycles. The highest BCUT2D eigenvalue weighted by Crippen LogP contribution is 2.62. The molecule has 24 heavy (non-hydrogen) atoms. The maximum atomic E-state index is 12.3. The van der Waals surface area contributed by atoms with Crippen LogP contribution in [0.4, 0.5) is 0 Å². The highest BCUT2D eigenvalue weighted by atomic mass is 28.3. The van der Waals surface area contributed by atoms with Gasteiger partial charge in [-0.1, -0.05) is 19.6 Å². The van der Waals surface area contributed by atoms with Gasteiger partial charge in [0.25, 0.3) is 0 Å². The van der Waals surface area contributed by atoms with E-state index < -0.39 is 13.7 Å². The van der Waals surface area contributed by atoms with Crippen LogP contribution in [0.25, 0.3) is 0 Å². The van der Waals surface area contributed by atoms with E-state index in [0.29, 0.717) is 11.8 Å². The maximum Gasteiger partial charge on any atom is 0.310 e. The molecule has 4 nitrogen and oxygen atoms in total. The Kier molecular flexibility index (Phi) is 4.27. The first kappa shape index (κ1) is 17.5. The van der Waals surface area contributed by atoms with Crippen LogP contribution in [0.1, 0.15) is 37.8 Å². The van der Waals surface area contributed by atoms with Gasteiger partial charge in [0.05, 0.1) is 12.5 Å². The Hall–Kier alpha value is -1.36. The Balaban J connectivity index is 1.60. The van der Waals surface area contributed by atoms with Gasteiger partial charge in [0.2, 0.25) is 5.88 Å². The summed E-state index contributed by atoms with van der Waals surface area (Å²) in [6.45, 7) is 13.5. The number of aromatic nitrogens is 1. The number of hydrogen-bond acceptors (Lipinski definition) is 4. The minimum absolute atomic E-state index is 0.0252. The molecule has 132 valence electrons. The number of carbonyl (C=O) groups is 1. The van der Waals surface area contributed by atoms with Crippen molar-refractivity contribution in [3.05, 3.63) is 23.4 Å². The van der Waals surface area contributed by atoms with Gasteiger partial charge in [-0.05, 0) is 50.3 Å². The molecule has 0 saturated heterocycles. The van der Waals surface area contributed by atoms with Crippen molar-refractivity contribution in [3.63, 3.8) is 0 Å². The normalized spacial score (nSPS) is 25.0. The lowest BCUT2D eigenvalue weighted by Crippen LogP contribution is -2.26. The Morgan fingerprint density at radius 2 is 2.04 bits per heavy atom. The number of hydrogen-bond donors (Lipinski definition) is 0. The number of pyridine rings is 1. The van der Waals surface area contributed by atoms with Crippen LogP contribution in [-0.2, 0) is 16.0 Å². The van der Waals surface area contributed by atoms with E-state index >= 15 is 0 Å². The van der Waals surface area contributed by atoms with Crippen LogP contribution in [0.5, 0.6) is 5.88 Å². The van der Waals surface area contributed by atoms with Crippen molar-refractivity contribution in [2.24, 2.45) is 11.8 Å². The predicted molar refractivity (Wildman–Crippen MR) is 97.2 cm³/mol. The number of esters is 1. The summed E-state index contributed by atoms with van der Waals surface area (Å²) in [6.07, 6.45) is 2.85. The van der Waals surface area contributed by atoms with Gasteiger partial charge < -0.3 is 9.47 Å². The molecule has 1 heterocycles. The number of carbonyl (C=O) groups excluding carboxylic acids is 1. The predicted octanol–water partition coefficient (Wildman–Crippen LogP) is 4.03. The number of fused-ring (bicyclic) bond motifs is 3. The second-order valence-electron chi connectivity index (χ2n) is 9.33. The molecule has 1 aromatic heterocycles. The first-order chi connectivity index (χ1) is 11.1. The average Bonchev–Trinajstić information content (AvgIpc) is 2.99. The quantitative estimate of drug-likeness (QED) is 0.596. The van der Waals surface area contributed by atoms with Crippen molar-refractivity contribution in [1.29, 1.82) is 0 Å². The molecular formula is C19H29NO3Si. The molecule has 1 aromatic rings. The van der Waals surface area contributed by atoms with Crippen molar-refractivity contribution in [2.45, 2.75) is 64.4 Å². The molecule has 0 aliphatic heterocycles. The minimum Gasteiger partial charge on any atom is -0.478 e. The molecule has 1 fully saturated rings. The van der Waals surface area contributed by atoms with Gasteiger partial charge in [0.1, 0.15) is 5.60 Å². The van der Waals surface area contributed by atoms with Crippen molar-refractivity contribution in [1.82, 2.24) is 4.98 Å². The van der Waals surface area contributed by atoms with E-state index in [1.54, 1.807) is 0 Å². The zero-order valence-corrected chi connectivity index (χ0v) is 16.7. The molecule has 2 aliphatic rings. The van der Waals surface area contributed by atoms with E-state index in [4.69, 9.17) is 9.47 Å². The Bertz CT molecular complexity index is 645. The Labute approximate surface area is 146 Å². The van der Waals surface area contributed by atoms with E-state index in [1.807, 2.05) is 27.0 Å². The first-order valence-electron chi connectivity index (χ1n) is 8.90. The second kappa shape index (κ2) is 5.87. The minimum atomic E-state index is -1.08. The van der Waals surface area contributed by atoms with Crippen LogP contribution in [0.3, 0.4) is 0 Å². The maximum absolute atomic E-state index is 12.3. The molecule has 0 unspecified atom stereocenters. The SMILES string of the molecule is CC(C)(C)OC(=O)[C@H]1[C@H]2Cc3cc(OCC[Si](C)(C)C)ncc3[C@@H]21. The third-order valence-corrected chi connectivity index (χ3v) is 6.47. The Morgan fingerprint density at radius 1 is 1.33 bits per heavy atom. The zero-order chi connectivity index (χ0) is 17.7. The molecule has 1 saturated carbocycles. The molecule has 0 radical (unpaired) electrons. The largest absolute Gasteiger partial charge is 0.478 e. The van der Waals surface area contributed by atoms with E-state index in [0.717, 1.165) is 25.0 Å². The van der Waals surface area contributed by atoms with Gasteiger partial charge in [-0.2, -0.15) is 0 Å². The number of nitrogens with zero attached hydrogens (tertiary/aromatic N) is 1. The van der Waals surface area contributed by atoms with Crippen molar-refractivity contribution >= 4 is 14.0 Å². The van der Waals surface area contributed by atoms with Crippen molar-refractivity contribution in [2.75, 3.05) is 6.61 Å². The van der Waals surface area contributed by atoms with Gasteiger partial charge >= 0.3 is 5.97 Å². The highest BCUT2D eigenvalue weighted by Gasteiger charge is 2.60. The molecule has 0 N–H and O–H groups in total. The van der Waals surface area contributed by atoms with Crippen LogP contribution in [0.15, 0.2) is 12.3 Å². The Morgan fingerprint density at radius 3 is 2.67 bits per heavy atom. The lowest BCUT2D eigenvalue weighted by atomic mass is 10.0. The molecule has 0 bridgehead atoms. The second-order valence-corrected chi connectivity index (χ2v) is 15.0. The van der Waals surface area contributed by atoms with Gasteiger partial charge in [-0.3, -0.25) is 4.79 Å². The van der Waals surface area contributed by atoms with E-state index in [-0.39, 0.29) is 11.9 Å². The summed E-state index contributed by atoms with van der Waals surface area (Å²) in [6, 6.07) is 3.20. The summed E-state index contributed by atoms with van der Waals surface area (Å²) < 4.78 is 11.4. The summed E-state index contributed by atoms with van der Waals surface area (Å²) >= 11 is 0. The summed E-state index contributed by atoms with van der Waals surface area (Å²) in [5.41, 5.74) is 2.10. The molecule has 3 rings (SSSR count). The van der Waals surface area contributed by atoms with Gasteiger partial charge in [0.15, 0.2) is 0 Å². The average molecular weight is 348 g/mol. The third-order valence-electron chi connectivity index (χ3n) is 4.76. The van der Waals surface area contributed by atoms with E-state index in [9.17, 15) is 4.79 Å². The van der Waals surface area contributed by atoms with Crippen LogP contribution in [0, 0.1) is 11.8 Å². The topological polar surface area (TPSA) is 48.4 Å². The molecule has 0 spiro atoms. The smallest absolute Gasteiger partial charge is 0.310 e. The summed E-state index contributed by atoms with van der Waals surface area (Å²) in [4.78, 5) is 16.7. The van der Waals surface area contributed by atoms with Crippen LogP contribution >= 0.6 is 0 Å². The summed E-state index contributed by atoms with van der Waals surface area (Å²) in [5.74, 6) is 1.39. The zero-order valence-electron chi connectivity index (χ0n) is 15.7. The highest BCUT2D eigenvalue weighted by molar-refractivity contribution is 6.76. The van der Waals surface area contributed by atoms with E-state index in [2.05, 4.69) is 30.7 Å². The fourth-order valence-corrected chi connectivity index (χ4v) is 4.21. The van der Waals surface area contributed by atoms with Gasteiger partial charge in [-0.25, -0.2) is 4.98 Å². The van der Waals surface area contributed by atoms with Crippen molar-refractivity contribution in [3.8, 4) is 5.88 Å². The van der Waals surface area contributed by atoms with E-state index in [1.165, 1.54) is 11.1 Å². The number of ether oxygens (including phenoxy) is 2. The molecule has 0 aromatic carbocycles. The lowest BCUT2D eigenvalue weighted by Gasteiger charge is -2.20. The third kappa shape index (κ3) is 3.82.